The van der Waals surface area contributed by atoms with Crippen LogP contribution in [-0.4, -0.2) is 31.4 Å². The minimum atomic E-state index is 0.596. The molecule has 0 saturated heterocycles. The number of aromatic nitrogens is 4. The summed E-state index contributed by atoms with van der Waals surface area (Å²) >= 11 is 0. The topological polar surface area (TPSA) is 57.7 Å². The minimum absolute atomic E-state index is 0.596. The van der Waals surface area contributed by atoms with Crippen molar-refractivity contribution in [3.8, 4) is 0 Å². The normalized spacial score (nSPS) is 19.7. The third-order valence-electron chi connectivity index (χ3n) is 5.13. The second-order valence-electron chi connectivity index (χ2n) is 7.01. The molecule has 0 amide bonds. The van der Waals surface area contributed by atoms with Gasteiger partial charge in [-0.05, 0) is 19.8 Å². The van der Waals surface area contributed by atoms with E-state index in [4.69, 9.17) is 9.97 Å². The van der Waals surface area contributed by atoms with Gasteiger partial charge >= 0.3 is 0 Å². The van der Waals surface area contributed by atoms with E-state index in [1.807, 2.05) is 13.1 Å². The molecule has 122 valence electrons. The average Bonchev–Trinajstić information content (AvgIpc) is 3.00. The summed E-state index contributed by atoms with van der Waals surface area (Å²) in [5.41, 5.74) is 3.68. The number of aromatic amines is 1. The molecule has 1 saturated carbocycles. The largest absolute Gasteiger partial charge is 0.345 e. The Balaban J connectivity index is 1.45. The molecular weight excluding hydrogens is 286 g/mol. The molecule has 4 rings (SSSR count). The van der Waals surface area contributed by atoms with Gasteiger partial charge in [0.2, 0.25) is 0 Å². The first-order chi connectivity index (χ1) is 11.3. The number of hydrogen-bond acceptors (Lipinski definition) is 4. The zero-order chi connectivity index (χ0) is 15.6. The van der Waals surface area contributed by atoms with E-state index in [2.05, 4.69) is 21.1 Å². The van der Waals surface area contributed by atoms with Crippen LogP contribution in [0.1, 0.15) is 66.6 Å². The van der Waals surface area contributed by atoms with E-state index in [1.165, 1.54) is 43.4 Å². The van der Waals surface area contributed by atoms with E-state index in [1.54, 1.807) is 0 Å². The Kier molecular flexibility index (Phi) is 4.12. The van der Waals surface area contributed by atoms with Crippen LogP contribution >= 0.6 is 0 Å². The first-order valence-corrected chi connectivity index (χ1v) is 8.85. The standard InChI is InChI=1S/C18H25N5/c1-13-9-19-17(21-13)12-23-8-7-16-15(11-23)10-20-18(22-16)14-5-3-2-4-6-14/h9-10,14H,2-8,11-12H2,1H3,(H,19,21). The van der Waals surface area contributed by atoms with Crippen LogP contribution in [0, 0.1) is 6.92 Å². The molecule has 2 aliphatic rings. The Hall–Kier alpha value is -1.75. The molecule has 1 aliphatic carbocycles. The molecule has 0 atom stereocenters. The number of hydrogen-bond donors (Lipinski definition) is 1. The Morgan fingerprint density at radius 2 is 2.04 bits per heavy atom. The fourth-order valence-corrected chi connectivity index (χ4v) is 3.84. The monoisotopic (exact) mass is 311 g/mol. The highest BCUT2D eigenvalue weighted by Gasteiger charge is 2.23. The third-order valence-corrected chi connectivity index (χ3v) is 5.13. The van der Waals surface area contributed by atoms with Crippen LogP contribution in [0.25, 0.3) is 0 Å². The predicted molar refractivity (Wildman–Crippen MR) is 89.0 cm³/mol. The molecule has 0 aromatic carbocycles. The molecule has 1 aliphatic heterocycles. The first-order valence-electron chi connectivity index (χ1n) is 8.85. The molecule has 0 bridgehead atoms. The summed E-state index contributed by atoms with van der Waals surface area (Å²) in [6, 6.07) is 0. The van der Waals surface area contributed by atoms with Gasteiger partial charge in [-0.2, -0.15) is 0 Å². The lowest BCUT2D eigenvalue weighted by molar-refractivity contribution is 0.237. The highest BCUT2D eigenvalue weighted by Crippen LogP contribution is 2.31. The Morgan fingerprint density at radius 3 is 2.83 bits per heavy atom. The Labute approximate surface area is 137 Å². The van der Waals surface area contributed by atoms with Crippen molar-refractivity contribution < 1.29 is 0 Å². The smallest absolute Gasteiger partial charge is 0.131 e. The summed E-state index contributed by atoms with van der Waals surface area (Å²) in [4.78, 5) is 19.8. The van der Waals surface area contributed by atoms with E-state index in [0.29, 0.717) is 5.92 Å². The lowest BCUT2D eigenvalue weighted by atomic mass is 9.88. The van der Waals surface area contributed by atoms with Crippen molar-refractivity contribution in [3.63, 3.8) is 0 Å². The van der Waals surface area contributed by atoms with Crippen LogP contribution < -0.4 is 0 Å². The van der Waals surface area contributed by atoms with E-state index >= 15 is 0 Å². The molecular formula is C18H25N5. The van der Waals surface area contributed by atoms with Gasteiger partial charge in [0, 0.05) is 54.8 Å². The maximum absolute atomic E-state index is 4.92. The summed E-state index contributed by atoms with van der Waals surface area (Å²) in [5, 5.41) is 0. The van der Waals surface area contributed by atoms with Gasteiger partial charge in [-0.3, -0.25) is 4.90 Å². The van der Waals surface area contributed by atoms with Crippen LogP contribution in [0.3, 0.4) is 0 Å². The van der Waals surface area contributed by atoms with Crippen LogP contribution in [0.4, 0.5) is 0 Å². The third kappa shape index (κ3) is 3.29. The first kappa shape index (κ1) is 14.8. The number of nitrogens with zero attached hydrogens (tertiary/aromatic N) is 4. The molecule has 5 nitrogen and oxygen atoms in total. The van der Waals surface area contributed by atoms with Crippen molar-refractivity contribution in [1.29, 1.82) is 0 Å². The number of rotatable bonds is 3. The summed E-state index contributed by atoms with van der Waals surface area (Å²) in [5.74, 6) is 2.74. The molecule has 0 spiro atoms. The number of imidazole rings is 1. The van der Waals surface area contributed by atoms with Crippen molar-refractivity contribution in [1.82, 2.24) is 24.8 Å². The quantitative estimate of drug-likeness (QED) is 0.946. The van der Waals surface area contributed by atoms with Crippen LogP contribution in [0.2, 0.25) is 0 Å². The van der Waals surface area contributed by atoms with E-state index in [-0.39, 0.29) is 0 Å². The van der Waals surface area contributed by atoms with Crippen molar-refractivity contribution in [2.45, 2.75) is 64.5 Å². The zero-order valence-corrected chi connectivity index (χ0v) is 13.9. The number of fused-ring (bicyclic) bond motifs is 1. The molecule has 5 heteroatoms. The Bertz CT molecular complexity index is 672. The fourth-order valence-electron chi connectivity index (χ4n) is 3.84. The van der Waals surface area contributed by atoms with Crippen LogP contribution in [-0.2, 0) is 19.5 Å². The van der Waals surface area contributed by atoms with Crippen molar-refractivity contribution >= 4 is 0 Å². The maximum Gasteiger partial charge on any atom is 0.131 e. The van der Waals surface area contributed by atoms with Gasteiger partial charge in [0.15, 0.2) is 0 Å². The molecule has 1 N–H and O–H groups in total. The van der Waals surface area contributed by atoms with Gasteiger partial charge in [0.25, 0.3) is 0 Å². The molecule has 0 unspecified atom stereocenters. The average molecular weight is 311 g/mol. The maximum atomic E-state index is 4.92. The van der Waals surface area contributed by atoms with Crippen LogP contribution in [0.5, 0.6) is 0 Å². The van der Waals surface area contributed by atoms with Gasteiger partial charge in [0.05, 0.1) is 6.54 Å². The highest BCUT2D eigenvalue weighted by atomic mass is 15.2. The van der Waals surface area contributed by atoms with Gasteiger partial charge in [-0.1, -0.05) is 19.3 Å². The number of H-pyrrole nitrogens is 1. The fraction of sp³-hybridized carbons (Fsp3) is 0.611. The molecule has 0 radical (unpaired) electrons. The van der Waals surface area contributed by atoms with E-state index in [9.17, 15) is 0 Å². The van der Waals surface area contributed by atoms with Gasteiger partial charge < -0.3 is 4.98 Å². The Morgan fingerprint density at radius 1 is 1.17 bits per heavy atom. The molecule has 2 aromatic rings. The van der Waals surface area contributed by atoms with Gasteiger partial charge in [-0.15, -0.1) is 0 Å². The summed E-state index contributed by atoms with van der Waals surface area (Å²) in [6.45, 7) is 4.90. The van der Waals surface area contributed by atoms with Crippen molar-refractivity contribution in [2.24, 2.45) is 0 Å². The second kappa shape index (κ2) is 6.40. The molecule has 1 fully saturated rings. The van der Waals surface area contributed by atoms with Crippen LogP contribution in [0.15, 0.2) is 12.4 Å². The summed E-state index contributed by atoms with van der Waals surface area (Å²) < 4.78 is 0. The van der Waals surface area contributed by atoms with Gasteiger partial charge in [0.1, 0.15) is 11.6 Å². The zero-order valence-electron chi connectivity index (χ0n) is 13.9. The lowest BCUT2D eigenvalue weighted by Gasteiger charge is -2.28. The predicted octanol–water partition coefficient (Wildman–Crippen LogP) is 3.11. The molecule has 23 heavy (non-hydrogen) atoms. The highest BCUT2D eigenvalue weighted by molar-refractivity contribution is 5.21. The SMILES string of the molecule is Cc1cnc(CN2CCc3nc(C4CCCCC4)ncc3C2)[nH]1. The summed E-state index contributed by atoms with van der Waals surface area (Å²) in [6.07, 6.45) is 11.6. The molecule has 2 aromatic heterocycles. The lowest BCUT2D eigenvalue weighted by Crippen LogP contribution is -2.31. The van der Waals surface area contributed by atoms with Crippen molar-refractivity contribution in [3.05, 3.63) is 41.0 Å². The van der Waals surface area contributed by atoms with E-state index < -0.39 is 0 Å². The minimum Gasteiger partial charge on any atom is -0.345 e. The number of aryl methyl sites for hydroxylation is 1. The number of nitrogens with one attached hydrogen (secondary N) is 1. The summed E-state index contributed by atoms with van der Waals surface area (Å²) in [7, 11) is 0. The van der Waals surface area contributed by atoms with Gasteiger partial charge in [-0.25, -0.2) is 15.0 Å². The second-order valence-corrected chi connectivity index (χ2v) is 7.01. The van der Waals surface area contributed by atoms with Crippen molar-refractivity contribution in [2.75, 3.05) is 6.54 Å². The molecule has 3 heterocycles. The van der Waals surface area contributed by atoms with E-state index in [0.717, 1.165) is 43.4 Å².